The molecule has 0 radical (unpaired) electrons. The number of nitrogens with one attached hydrogen (secondary N) is 3. The molecule has 0 saturated carbocycles. The van der Waals surface area contributed by atoms with Crippen molar-refractivity contribution in [2.75, 3.05) is 0 Å². The highest BCUT2D eigenvalue weighted by molar-refractivity contribution is 5.82. The summed E-state index contributed by atoms with van der Waals surface area (Å²) in [5.41, 5.74) is 3.64. The van der Waals surface area contributed by atoms with Crippen molar-refractivity contribution in [3.8, 4) is 0 Å². The lowest BCUT2D eigenvalue weighted by atomic mass is 9.95. The molecule has 3 N–H and O–H groups in total. The van der Waals surface area contributed by atoms with Gasteiger partial charge in [0.15, 0.2) is 0 Å². The average Bonchev–Trinajstić information content (AvgIpc) is 2.97. The Morgan fingerprint density at radius 2 is 2.11 bits per heavy atom. The molecule has 1 atom stereocenters. The highest BCUT2D eigenvalue weighted by Crippen LogP contribution is 2.16. The van der Waals surface area contributed by atoms with Gasteiger partial charge in [0, 0.05) is 25.5 Å². The van der Waals surface area contributed by atoms with Gasteiger partial charge in [-0.2, -0.15) is 0 Å². The second-order valence-electron chi connectivity index (χ2n) is 4.84. The van der Waals surface area contributed by atoms with Gasteiger partial charge in [-0.15, -0.1) is 0 Å². The van der Waals surface area contributed by atoms with Crippen LogP contribution in [0.2, 0.25) is 0 Å². The molecule has 0 unspecified atom stereocenters. The maximum atomic E-state index is 12.1. The van der Waals surface area contributed by atoms with E-state index < -0.39 is 0 Å². The van der Waals surface area contributed by atoms with Crippen molar-refractivity contribution in [1.29, 1.82) is 0 Å². The topological polar surface area (TPSA) is 56.9 Å². The van der Waals surface area contributed by atoms with Crippen molar-refractivity contribution in [2.45, 2.75) is 25.6 Å². The SMILES string of the molecule is O=C(NCc1cc[nH]c1)[C@@H]1Cc2ccccc2CN1. The molecule has 1 aliphatic rings. The minimum Gasteiger partial charge on any atom is -0.367 e. The van der Waals surface area contributed by atoms with Crippen LogP contribution in [0, 0.1) is 0 Å². The number of benzene rings is 1. The van der Waals surface area contributed by atoms with Gasteiger partial charge in [0.1, 0.15) is 0 Å². The first-order chi connectivity index (χ1) is 9.33. The number of hydrogen-bond acceptors (Lipinski definition) is 2. The Kier molecular flexibility index (Phi) is 3.33. The van der Waals surface area contributed by atoms with Gasteiger partial charge in [0.25, 0.3) is 0 Å². The lowest BCUT2D eigenvalue weighted by molar-refractivity contribution is -0.123. The minimum absolute atomic E-state index is 0.0655. The second kappa shape index (κ2) is 5.28. The summed E-state index contributed by atoms with van der Waals surface area (Å²) in [5, 5.41) is 6.25. The number of fused-ring (bicyclic) bond motifs is 1. The first kappa shape index (κ1) is 12.0. The number of hydrogen-bond donors (Lipinski definition) is 3. The fourth-order valence-corrected chi connectivity index (χ4v) is 2.42. The maximum Gasteiger partial charge on any atom is 0.237 e. The maximum absolute atomic E-state index is 12.1. The summed E-state index contributed by atoms with van der Waals surface area (Å²) in [7, 11) is 0. The summed E-state index contributed by atoms with van der Waals surface area (Å²) < 4.78 is 0. The van der Waals surface area contributed by atoms with E-state index in [1.807, 2.05) is 30.6 Å². The van der Waals surface area contributed by atoms with E-state index in [0.29, 0.717) is 6.54 Å². The van der Waals surface area contributed by atoms with Gasteiger partial charge in [-0.25, -0.2) is 0 Å². The third-order valence-electron chi connectivity index (χ3n) is 3.53. The first-order valence-corrected chi connectivity index (χ1v) is 6.52. The van der Waals surface area contributed by atoms with Crippen molar-refractivity contribution in [2.24, 2.45) is 0 Å². The predicted octanol–water partition coefficient (Wildman–Crippen LogP) is 1.35. The molecule has 98 valence electrons. The average molecular weight is 255 g/mol. The van der Waals surface area contributed by atoms with Crippen LogP contribution in [-0.2, 0) is 24.3 Å². The first-order valence-electron chi connectivity index (χ1n) is 6.52. The van der Waals surface area contributed by atoms with E-state index in [4.69, 9.17) is 0 Å². The van der Waals surface area contributed by atoms with Crippen LogP contribution in [-0.4, -0.2) is 16.9 Å². The Bertz CT molecular complexity index is 563. The molecule has 0 saturated heterocycles. The van der Waals surface area contributed by atoms with Crippen LogP contribution in [0.3, 0.4) is 0 Å². The molecular formula is C15H17N3O. The van der Waals surface area contributed by atoms with Crippen molar-refractivity contribution in [3.63, 3.8) is 0 Å². The van der Waals surface area contributed by atoms with Gasteiger partial charge >= 0.3 is 0 Å². The Morgan fingerprint density at radius 1 is 1.26 bits per heavy atom. The van der Waals surface area contributed by atoms with Crippen LogP contribution in [0.5, 0.6) is 0 Å². The molecule has 1 aliphatic heterocycles. The number of aromatic nitrogens is 1. The van der Waals surface area contributed by atoms with Crippen molar-refractivity contribution >= 4 is 5.91 Å². The van der Waals surface area contributed by atoms with Gasteiger partial charge < -0.3 is 15.6 Å². The Hall–Kier alpha value is -2.07. The highest BCUT2D eigenvalue weighted by atomic mass is 16.2. The number of aromatic amines is 1. The third-order valence-corrected chi connectivity index (χ3v) is 3.53. The van der Waals surface area contributed by atoms with E-state index in [0.717, 1.165) is 18.5 Å². The van der Waals surface area contributed by atoms with E-state index >= 15 is 0 Å². The number of carbonyl (C=O) groups is 1. The summed E-state index contributed by atoms with van der Waals surface area (Å²) in [5.74, 6) is 0.0655. The van der Waals surface area contributed by atoms with Gasteiger partial charge in [0.05, 0.1) is 6.04 Å². The van der Waals surface area contributed by atoms with Gasteiger partial charge in [-0.05, 0) is 29.2 Å². The third kappa shape index (κ3) is 2.69. The molecule has 2 aromatic rings. The normalized spacial score (nSPS) is 17.8. The van der Waals surface area contributed by atoms with Gasteiger partial charge in [0.2, 0.25) is 5.91 Å². The summed E-state index contributed by atoms with van der Waals surface area (Å²) in [6.45, 7) is 1.33. The summed E-state index contributed by atoms with van der Waals surface area (Å²) in [4.78, 5) is 15.1. The predicted molar refractivity (Wildman–Crippen MR) is 73.4 cm³/mol. The molecule has 2 heterocycles. The zero-order valence-corrected chi connectivity index (χ0v) is 10.6. The standard InChI is InChI=1S/C15H17N3O/c19-15(18-9-11-5-6-16-8-11)14-7-12-3-1-2-4-13(12)10-17-14/h1-6,8,14,16-17H,7,9-10H2,(H,18,19)/t14-/m0/s1. The van der Waals surface area contributed by atoms with E-state index in [1.54, 1.807) is 0 Å². The molecule has 3 rings (SSSR count). The molecule has 1 amide bonds. The Labute approximate surface area is 112 Å². The fourth-order valence-electron chi connectivity index (χ4n) is 2.42. The van der Waals surface area contributed by atoms with Crippen molar-refractivity contribution < 1.29 is 4.79 Å². The van der Waals surface area contributed by atoms with Crippen molar-refractivity contribution in [1.82, 2.24) is 15.6 Å². The van der Waals surface area contributed by atoms with Crippen molar-refractivity contribution in [3.05, 3.63) is 59.4 Å². The highest BCUT2D eigenvalue weighted by Gasteiger charge is 2.23. The number of H-pyrrole nitrogens is 1. The zero-order valence-electron chi connectivity index (χ0n) is 10.6. The Balaban J connectivity index is 1.60. The fraction of sp³-hybridized carbons (Fsp3) is 0.267. The molecule has 1 aromatic heterocycles. The number of rotatable bonds is 3. The summed E-state index contributed by atoms with van der Waals surface area (Å²) >= 11 is 0. The van der Waals surface area contributed by atoms with Gasteiger partial charge in [-0.1, -0.05) is 24.3 Å². The van der Waals surface area contributed by atoms with Crippen LogP contribution in [0.4, 0.5) is 0 Å². The summed E-state index contributed by atoms with van der Waals surface area (Å²) in [6, 6.07) is 10.1. The lowest BCUT2D eigenvalue weighted by Gasteiger charge is -2.25. The molecule has 4 heteroatoms. The van der Waals surface area contributed by atoms with Gasteiger partial charge in [-0.3, -0.25) is 4.79 Å². The summed E-state index contributed by atoms with van der Waals surface area (Å²) in [6.07, 6.45) is 4.51. The van der Waals surface area contributed by atoms with Crippen LogP contribution in [0.1, 0.15) is 16.7 Å². The molecule has 0 aliphatic carbocycles. The molecule has 19 heavy (non-hydrogen) atoms. The zero-order chi connectivity index (χ0) is 13.1. The smallest absolute Gasteiger partial charge is 0.237 e. The molecule has 1 aromatic carbocycles. The van der Waals surface area contributed by atoms with Crippen LogP contribution in [0.15, 0.2) is 42.7 Å². The number of amides is 1. The van der Waals surface area contributed by atoms with Crippen LogP contribution in [0.25, 0.3) is 0 Å². The molecule has 4 nitrogen and oxygen atoms in total. The second-order valence-corrected chi connectivity index (χ2v) is 4.84. The minimum atomic E-state index is -0.131. The van der Waals surface area contributed by atoms with E-state index in [-0.39, 0.29) is 11.9 Å². The number of carbonyl (C=O) groups excluding carboxylic acids is 1. The lowest BCUT2D eigenvalue weighted by Crippen LogP contribution is -2.47. The van der Waals surface area contributed by atoms with E-state index in [9.17, 15) is 4.79 Å². The molecule has 0 spiro atoms. The van der Waals surface area contributed by atoms with E-state index in [2.05, 4.69) is 27.8 Å². The van der Waals surface area contributed by atoms with E-state index in [1.165, 1.54) is 11.1 Å². The van der Waals surface area contributed by atoms with Crippen LogP contribution >= 0.6 is 0 Å². The largest absolute Gasteiger partial charge is 0.367 e. The monoisotopic (exact) mass is 255 g/mol. The molecule has 0 bridgehead atoms. The molecular weight excluding hydrogens is 238 g/mol. The quantitative estimate of drug-likeness (QED) is 0.775. The molecule has 0 fully saturated rings. The Morgan fingerprint density at radius 3 is 2.89 bits per heavy atom. The van der Waals surface area contributed by atoms with Crippen LogP contribution < -0.4 is 10.6 Å².